The zero-order valence-electron chi connectivity index (χ0n) is 20.1. The molecular formula is C23H28N+. The average Bonchev–Trinajstić information content (AvgIpc) is 2.62. The van der Waals surface area contributed by atoms with Crippen LogP contribution in [0.15, 0.2) is 42.6 Å². The molecule has 0 aliphatic carbocycles. The van der Waals surface area contributed by atoms with Crippen LogP contribution in [0.4, 0.5) is 0 Å². The van der Waals surface area contributed by atoms with E-state index < -0.39 is 13.2 Å². The lowest BCUT2D eigenvalue weighted by Gasteiger charge is -2.12. The van der Waals surface area contributed by atoms with Gasteiger partial charge in [0.15, 0.2) is 6.20 Å². The molecule has 0 saturated carbocycles. The molecule has 0 bridgehead atoms. The van der Waals surface area contributed by atoms with E-state index in [2.05, 4.69) is 0 Å². The standard InChI is InChI=1S/C23H28N/c1-15(2)11-19-7-8-21-20(14-19)9-10-24(6)23(21)22-13-16(3)12-17(4)18(22)5/h7-10,12-15H,11H2,1-6H3/q+1/i4D3,11D2. The third-order valence-corrected chi connectivity index (χ3v) is 4.40. The molecule has 0 fully saturated rings. The lowest BCUT2D eigenvalue weighted by molar-refractivity contribution is -0.659. The molecule has 1 nitrogen and oxygen atoms in total. The van der Waals surface area contributed by atoms with Crippen molar-refractivity contribution >= 4 is 10.8 Å². The maximum Gasteiger partial charge on any atom is 0.220 e. The molecule has 24 heavy (non-hydrogen) atoms. The van der Waals surface area contributed by atoms with E-state index in [0.29, 0.717) is 11.1 Å². The number of hydrogen-bond acceptors (Lipinski definition) is 0. The van der Waals surface area contributed by atoms with Gasteiger partial charge < -0.3 is 0 Å². The van der Waals surface area contributed by atoms with Gasteiger partial charge in [-0.25, -0.2) is 4.57 Å². The molecule has 1 heteroatoms. The van der Waals surface area contributed by atoms with E-state index in [0.717, 1.165) is 33.2 Å². The quantitative estimate of drug-likeness (QED) is 0.564. The third-order valence-electron chi connectivity index (χ3n) is 4.40. The summed E-state index contributed by atoms with van der Waals surface area (Å²) in [5, 5.41) is 1.92. The fourth-order valence-electron chi connectivity index (χ4n) is 3.24. The molecular weight excluding hydrogens is 290 g/mol. The highest BCUT2D eigenvalue weighted by Gasteiger charge is 2.18. The lowest BCUT2D eigenvalue weighted by Crippen LogP contribution is -2.30. The minimum atomic E-state index is -2.17. The molecule has 1 heterocycles. The zero-order chi connectivity index (χ0) is 21.7. The highest BCUT2D eigenvalue weighted by molar-refractivity contribution is 5.94. The van der Waals surface area contributed by atoms with Gasteiger partial charge in [-0.2, -0.15) is 0 Å². The summed E-state index contributed by atoms with van der Waals surface area (Å²) in [4.78, 5) is 0. The van der Waals surface area contributed by atoms with Crippen LogP contribution in [0.25, 0.3) is 22.0 Å². The van der Waals surface area contributed by atoms with Crippen LogP contribution in [0.1, 0.15) is 43.0 Å². The molecule has 0 spiro atoms. The van der Waals surface area contributed by atoms with Crippen molar-refractivity contribution in [3.63, 3.8) is 0 Å². The van der Waals surface area contributed by atoms with Crippen LogP contribution in [0.5, 0.6) is 0 Å². The SMILES string of the molecule is [2H]C([2H])([2H])c1cc(C)cc(-c2c3ccc(C([2H])([2H])C(C)C)cc3cc[n+]2C)c1C. The highest BCUT2D eigenvalue weighted by atomic mass is 14.9. The fourth-order valence-corrected chi connectivity index (χ4v) is 3.24. The predicted molar refractivity (Wildman–Crippen MR) is 103 cm³/mol. The van der Waals surface area contributed by atoms with E-state index in [1.165, 1.54) is 0 Å². The first-order valence-corrected chi connectivity index (χ1v) is 8.39. The van der Waals surface area contributed by atoms with E-state index in [9.17, 15) is 0 Å². The van der Waals surface area contributed by atoms with Crippen LogP contribution in [0, 0.1) is 26.6 Å². The van der Waals surface area contributed by atoms with Crippen LogP contribution in [-0.4, -0.2) is 0 Å². The number of fused-ring (bicyclic) bond motifs is 1. The van der Waals surface area contributed by atoms with Gasteiger partial charge in [0.25, 0.3) is 0 Å². The topological polar surface area (TPSA) is 3.88 Å². The minimum absolute atomic E-state index is 0.139. The van der Waals surface area contributed by atoms with Crippen molar-refractivity contribution in [2.45, 2.75) is 40.9 Å². The smallest absolute Gasteiger partial charge is 0.200 e. The van der Waals surface area contributed by atoms with Crippen LogP contribution in [0.3, 0.4) is 0 Å². The predicted octanol–water partition coefficient (Wildman–Crippen LogP) is 5.46. The number of hydrogen-bond donors (Lipinski definition) is 0. The van der Waals surface area contributed by atoms with Crippen molar-refractivity contribution in [1.82, 2.24) is 0 Å². The molecule has 2 aromatic carbocycles. The Morgan fingerprint density at radius 2 is 1.92 bits per heavy atom. The number of aromatic nitrogens is 1. The molecule has 0 amide bonds. The van der Waals surface area contributed by atoms with Crippen molar-refractivity contribution < 1.29 is 11.4 Å². The Morgan fingerprint density at radius 1 is 1.12 bits per heavy atom. The van der Waals surface area contributed by atoms with Gasteiger partial charge in [0.05, 0.1) is 10.9 Å². The molecule has 0 aliphatic rings. The highest BCUT2D eigenvalue weighted by Crippen LogP contribution is 2.31. The first kappa shape index (κ1) is 11.4. The molecule has 0 aliphatic heterocycles. The van der Waals surface area contributed by atoms with Crippen molar-refractivity contribution in [3.8, 4) is 11.3 Å². The second-order valence-electron chi connectivity index (χ2n) is 6.86. The van der Waals surface area contributed by atoms with Gasteiger partial charge in [-0.05, 0) is 67.2 Å². The summed E-state index contributed by atoms with van der Waals surface area (Å²) in [7, 11) is 1.95. The van der Waals surface area contributed by atoms with Crippen molar-refractivity contribution in [2.24, 2.45) is 13.0 Å². The Labute approximate surface area is 153 Å². The summed E-state index contributed by atoms with van der Waals surface area (Å²) >= 11 is 0. The second-order valence-corrected chi connectivity index (χ2v) is 6.86. The number of pyridine rings is 1. The van der Waals surface area contributed by atoms with E-state index in [1.807, 2.05) is 75.8 Å². The Kier molecular flexibility index (Phi) is 3.04. The number of benzene rings is 2. The van der Waals surface area contributed by atoms with Gasteiger partial charge in [-0.3, -0.25) is 0 Å². The van der Waals surface area contributed by atoms with Gasteiger partial charge in [0, 0.05) is 12.9 Å². The number of rotatable bonds is 3. The normalized spacial score (nSPS) is 15.7. The molecule has 0 unspecified atom stereocenters. The summed E-state index contributed by atoms with van der Waals surface area (Å²) in [5.74, 6) is -0.139. The number of nitrogens with zero attached hydrogens (tertiary/aromatic N) is 1. The van der Waals surface area contributed by atoms with E-state index in [4.69, 9.17) is 6.85 Å². The zero-order valence-corrected chi connectivity index (χ0v) is 15.1. The lowest BCUT2D eigenvalue weighted by atomic mass is 9.93. The molecule has 0 atom stereocenters. The maximum atomic E-state index is 8.42. The Balaban J connectivity index is 2.32. The van der Waals surface area contributed by atoms with E-state index >= 15 is 0 Å². The first-order chi connectivity index (χ1) is 13.3. The summed E-state index contributed by atoms with van der Waals surface area (Å²) in [6, 6.07) is 11.5. The van der Waals surface area contributed by atoms with Crippen molar-refractivity contribution in [1.29, 1.82) is 0 Å². The van der Waals surface area contributed by atoms with Gasteiger partial charge in [0.2, 0.25) is 5.69 Å². The third kappa shape index (κ3) is 3.08. The van der Waals surface area contributed by atoms with E-state index in [1.54, 1.807) is 6.07 Å². The van der Waals surface area contributed by atoms with Crippen LogP contribution >= 0.6 is 0 Å². The minimum Gasteiger partial charge on any atom is -0.200 e. The van der Waals surface area contributed by atoms with Gasteiger partial charge >= 0.3 is 0 Å². The molecule has 3 rings (SSSR count). The van der Waals surface area contributed by atoms with Crippen LogP contribution in [-0.2, 0) is 13.4 Å². The molecule has 0 N–H and O–H groups in total. The first-order valence-electron chi connectivity index (χ1n) is 10.9. The van der Waals surface area contributed by atoms with Crippen molar-refractivity contribution in [3.05, 3.63) is 64.8 Å². The summed E-state index contributed by atoms with van der Waals surface area (Å²) < 4.78 is 42.6. The maximum absolute atomic E-state index is 8.42. The average molecular weight is 324 g/mol. The van der Waals surface area contributed by atoms with Crippen LogP contribution < -0.4 is 4.57 Å². The van der Waals surface area contributed by atoms with Crippen molar-refractivity contribution in [2.75, 3.05) is 0 Å². The Morgan fingerprint density at radius 3 is 2.62 bits per heavy atom. The monoisotopic (exact) mass is 323 g/mol. The van der Waals surface area contributed by atoms with Gasteiger partial charge in [-0.15, -0.1) is 0 Å². The Hall–Kier alpha value is -2.15. The largest absolute Gasteiger partial charge is 0.220 e. The molecule has 3 aromatic rings. The molecule has 124 valence electrons. The fraction of sp³-hybridized carbons (Fsp3) is 0.348. The Bertz CT molecular complexity index is 1080. The summed E-state index contributed by atoms with van der Waals surface area (Å²) in [6.07, 6.45) is 0.531. The molecule has 1 aromatic heterocycles. The second kappa shape index (κ2) is 6.39. The molecule has 0 radical (unpaired) electrons. The van der Waals surface area contributed by atoms with Gasteiger partial charge in [0.1, 0.15) is 7.05 Å². The number of aryl methyl sites for hydroxylation is 3. The van der Waals surface area contributed by atoms with Crippen LogP contribution in [0.2, 0.25) is 0 Å². The summed E-state index contributed by atoms with van der Waals surface area (Å²) in [6.45, 7) is 5.37. The molecule has 0 saturated heterocycles. The van der Waals surface area contributed by atoms with E-state index in [-0.39, 0.29) is 5.92 Å². The van der Waals surface area contributed by atoms with Gasteiger partial charge in [-0.1, -0.05) is 37.6 Å². The summed E-state index contributed by atoms with van der Waals surface area (Å²) in [5.41, 5.74) is 4.51.